The molecule has 0 aromatic rings. The largest absolute Gasteiger partial charge is 0.333 e. The summed E-state index contributed by atoms with van der Waals surface area (Å²) in [6.45, 7) is 9.08. The third kappa shape index (κ3) is 3.09. The fourth-order valence-electron chi connectivity index (χ4n) is 1.66. The van der Waals surface area contributed by atoms with Gasteiger partial charge in [-0.15, -0.1) is 0 Å². The lowest BCUT2D eigenvalue weighted by atomic mass is 9.93. The van der Waals surface area contributed by atoms with Crippen molar-refractivity contribution in [3.63, 3.8) is 0 Å². The fourth-order valence-corrected chi connectivity index (χ4v) is 2.49. The molecule has 0 aliphatic carbocycles. The molecule has 14 heavy (non-hydrogen) atoms. The van der Waals surface area contributed by atoms with E-state index in [9.17, 15) is 0 Å². The Morgan fingerprint density at radius 3 is 2.43 bits per heavy atom. The summed E-state index contributed by atoms with van der Waals surface area (Å²) in [6, 6.07) is 0. The highest BCUT2D eigenvalue weighted by atomic mass is 32.2. The lowest BCUT2D eigenvalue weighted by Crippen LogP contribution is -2.16. The van der Waals surface area contributed by atoms with Crippen LogP contribution in [-0.2, 0) is 0 Å². The third-order valence-electron chi connectivity index (χ3n) is 2.49. The van der Waals surface area contributed by atoms with E-state index in [0.29, 0.717) is 11.8 Å². The van der Waals surface area contributed by atoms with Crippen LogP contribution in [0.4, 0.5) is 0 Å². The summed E-state index contributed by atoms with van der Waals surface area (Å²) in [5.74, 6) is 2.32. The van der Waals surface area contributed by atoms with Crippen LogP contribution in [0.3, 0.4) is 0 Å². The first-order chi connectivity index (χ1) is 6.63. The fraction of sp³-hybridized carbons (Fsp3) is 0.667. The molecule has 2 heteroatoms. The quantitative estimate of drug-likeness (QED) is 0.551. The Kier molecular flexibility index (Phi) is 4.59. The zero-order valence-electron chi connectivity index (χ0n) is 9.63. The predicted octanol–water partition coefficient (Wildman–Crippen LogP) is 3.75. The van der Waals surface area contributed by atoms with Crippen LogP contribution in [0, 0.1) is 11.8 Å². The minimum absolute atomic E-state index is 0.603. The van der Waals surface area contributed by atoms with E-state index >= 15 is 0 Å². The van der Waals surface area contributed by atoms with Gasteiger partial charge in [0.2, 0.25) is 0 Å². The van der Waals surface area contributed by atoms with Crippen molar-refractivity contribution >= 4 is 11.9 Å². The Balaban J connectivity index is 2.92. The molecule has 0 fully saturated rings. The van der Waals surface area contributed by atoms with Crippen LogP contribution in [0.25, 0.3) is 0 Å². The Morgan fingerprint density at radius 1 is 1.14 bits per heavy atom. The molecule has 0 saturated heterocycles. The Morgan fingerprint density at radius 2 is 1.86 bits per heavy atom. The average Bonchev–Trinajstić information content (AvgIpc) is 2.01. The number of rotatable bonds is 2. The SMILES string of the molecule is CC(C)/C1=C(\C(C)C)NSC/C=C\C1. The van der Waals surface area contributed by atoms with Crippen molar-refractivity contribution in [1.29, 1.82) is 0 Å². The van der Waals surface area contributed by atoms with E-state index in [0.717, 1.165) is 12.2 Å². The van der Waals surface area contributed by atoms with E-state index < -0.39 is 0 Å². The van der Waals surface area contributed by atoms with Crippen molar-refractivity contribution in [2.75, 3.05) is 5.75 Å². The topological polar surface area (TPSA) is 12.0 Å². The molecule has 0 atom stereocenters. The number of hydrogen-bond acceptors (Lipinski definition) is 2. The highest BCUT2D eigenvalue weighted by Crippen LogP contribution is 2.25. The van der Waals surface area contributed by atoms with Gasteiger partial charge in [-0.3, -0.25) is 0 Å². The van der Waals surface area contributed by atoms with Gasteiger partial charge in [0.15, 0.2) is 0 Å². The second kappa shape index (κ2) is 5.50. The number of hydrogen-bond donors (Lipinski definition) is 1. The second-order valence-electron chi connectivity index (χ2n) is 4.34. The van der Waals surface area contributed by atoms with Gasteiger partial charge < -0.3 is 4.72 Å². The molecule has 0 spiro atoms. The summed E-state index contributed by atoms with van der Waals surface area (Å²) < 4.78 is 3.50. The molecule has 1 N–H and O–H groups in total. The van der Waals surface area contributed by atoms with Crippen LogP contribution >= 0.6 is 11.9 Å². The Hall–Kier alpha value is -0.370. The van der Waals surface area contributed by atoms with Crippen molar-refractivity contribution in [1.82, 2.24) is 4.72 Å². The molecule has 0 aromatic carbocycles. The first kappa shape index (κ1) is 11.7. The molecule has 0 radical (unpaired) electrons. The van der Waals surface area contributed by atoms with Gasteiger partial charge in [-0.05, 0) is 35.8 Å². The monoisotopic (exact) mass is 211 g/mol. The number of allylic oxidation sites excluding steroid dienone is 3. The molecular formula is C12H21NS. The van der Waals surface area contributed by atoms with Crippen LogP contribution in [0.1, 0.15) is 34.1 Å². The van der Waals surface area contributed by atoms with Crippen LogP contribution < -0.4 is 4.72 Å². The maximum atomic E-state index is 3.50. The molecule has 1 aliphatic heterocycles. The molecular weight excluding hydrogens is 190 g/mol. The zero-order chi connectivity index (χ0) is 10.6. The Labute approximate surface area is 92.2 Å². The predicted molar refractivity (Wildman–Crippen MR) is 66.1 cm³/mol. The minimum atomic E-state index is 0.603. The summed E-state index contributed by atoms with van der Waals surface area (Å²) in [5, 5.41) is 0. The van der Waals surface area contributed by atoms with Crippen molar-refractivity contribution in [2.45, 2.75) is 34.1 Å². The molecule has 1 heterocycles. The maximum Gasteiger partial charge on any atom is 0.0312 e. The normalized spacial score (nSPS) is 25.9. The van der Waals surface area contributed by atoms with Crippen LogP contribution in [0.15, 0.2) is 23.4 Å². The molecule has 0 aromatic heterocycles. The van der Waals surface area contributed by atoms with E-state index in [1.165, 1.54) is 5.70 Å². The van der Waals surface area contributed by atoms with Crippen molar-refractivity contribution in [2.24, 2.45) is 11.8 Å². The third-order valence-corrected chi connectivity index (χ3v) is 3.21. The van der Waals surface area contributed by atoms with Gasteiger partial charge in [0.25, 0.3) is 0 Å². The summed E-state index contributed by atoms with van der Waals surface area (Å²) in [6.07, 6.45) is 5.65. The molecule has 0 unspecified atom stereocenters. The first-order valence-electron chi connectivity index (χ1n) is 5.38. The number of nitrogens with one attached hydrogen (secondary N) is 1. The molecule has 1 nitrogen and oxygen atoms in total. The highest BCUT2D eigenvalue weighted by molar-refractivity contribution is 7.97. The standard InChI is InChI=1S/C12H21NS/c1-9(2)11-7-5-6-8-14-13-12(11)10(3)4/h5-6,9-10,13H,7-8H2,1-4H3/b6-5-,12-11+. The van der Waals surface area contributed by atoms with Gasteiger partial charge in [-0.2, -0.15) is 0 Å². The molecule has 80 valence electrons. The van der Waals surface area contributed by atoms with Gasteiger partial charge in [-0.1, -0.05) is 39.8 Å². The van der Waals surface area contributed by atoms with Crippen molar-refractivity contribution in [3.05, 3.63) is 23.4 Å². The lowest BCUT2D eigenvalue weighted by Gasteiger charge is -2.22. The van der Waals surface area contributed by atoms with E-state index in [-0.39, 0.29) is 0 Å². The first-order valence-corrected chi connectivity index (χ1v) is 6.37. The average molecular weight is 211 g/mol. The lowest BCUT2D eigenvalue weighted by molar-refractivity contribution is 0.656. The molecule has 1 aliphatic rings. The van der Waals surface area contributed by atoms with Crippen LogP contribution in [0.2, 0.25) is 0 Å². The van der Waals surface area contributed by atoms with Crippen LogP contribution in [-0.4, -0.2) is 5.75 Å². The van der Waals surface area contributed by atoms with E-state index in [1.54, 1.807) is 17.5 Å². The molecule has 0 saturated carbocycles. The van der Waals surface area contributed by atoms with Crippen LogP contribution in [0.5, 0.6) is 0 Å². The van der Waals surface area contributed by atoms with E-state index in [1.807, 2.05) is 0 Å². The van der Waals surface area contributed by atoms with Gasteiger partial charge in [0.1, 0.15) is 0 Å². The van der Waals surface area contributed by atoms with Gasteiger partial charge in [0, 0.05) is 11.4 Å². The van der Waals surface area contributed by atoms with Crippen molar-refractivity contribution in [3.8, 4) is 0 Å². The highest BCUT2D eigenvalue weighted by Gasteiger charge is 2.13. The van der Waals surface area contributed by atoms with Crippen molar-refractivity contribution < 1.29 is 0 Å². The van der Waals surface area contributed by atoms with E-state index in [4.69, 9.17) is 0 Å². The Bertz CT molecular complexity index is 239. The summed E-state index contributed by atoms with van der Waals surface area (Å²) in [5.41, 5.74) is 3.00. The zero-order valence-corrected chi connectivity index (χ0v) is 10.4. The summed E-state index contributed by atoms with van der Waals surface area (Å²) in [7, 11) is 0. The van der Waals surface area contributed by atoms with Gasteiger partial charge in [-0.25, -0.2) is 0 Å². The molecule has 1 rings (SSSR count). The second-order valence-corrected chi connectivity index (χ2v) is 5.16. The van der Waals surface area contributed by atoms with Gasteiger partial charge in [0.05, 0.1) is 0 Å². The molecule has 0 amide bonds. The molecule has 0 bridgehead atoms. The minimum Gasteiger partial charge on any atom is -0.333 e. The smallest absolute Gasteiger partial charge is 0.0312 e. The maximum absolute atomic E-state index is 3.50. The summed E-state index contributed by atoms with van der Waals surface area (Å²) in [4.78, 5) is 0. The van der Waals surface area contributed by atoms with Gasteiger partial charge >= 0.3 is 0 Å². The van der Waals surface area contributed by atoms with E-state index in [2.05, 4.69) is 44.6 Å². The summed E-state index contributed by atoms with van der Waals surface area (Å²) >= 11 is 1.79.